The minimum atomic E-state index is -1.13. The van der Waals surface area contributed by atoms with Crippen molar-refractivity contribution in [3.63, 3.8) is 0 Å². The van der Waals surface area contributed by atoms with Gasteiger partial charge in [-0.2, -0.15) is 0 Å². The maximum Gasteiger partial charge on any atom is 0.220 e. The first-order chi connectivity index (χ1) is 22.1. The fraction of sp³-hybridized carbons (Fsp3) is 0.462. The Morgan fingerprint density at radius 2 is 1.59 bits per heavy atom. The van der Waals surface area contributed by atoms with Gasteiger partial charge in [0.25, 0.3) is 0 Å². The van der Waals surface area contributed by atoms with Gasteiger partial charge in [-0.1, -0.05) is 45.0 Å². The molecule has 7 heteroatoms. The quantitative estimate of drug-likeness (QED) is 0.354. The lowest BCUT2D eigenvalue weighted by molar-refractivity contribution is -0.255. The number of hydrogen-bond acceptors (Lipinski definition) is 5. The monoisotopic (exact) mass is 619 g/mol. The highest BCUT2D eigenvalue weighted by molar-refractivity contribution is 5.98. The van der Waals surface area contributed by atoms with Crippen LogP contribution in [0.5, 0.6) is 11.5 Å². The predicted octanol–water partition coefficient (Wildman–Crippen LogP) is 3.65. The molecule has 1 N–H and O–H groups in total. The fourth-order valence-electron chi connectivity index (χ4n) is 8.25. The lowest BCUT2D eigenvalue weighted by Gasteiger charge is -2.39. The standard InChI is InChI=1S/C32H30N2O3.C7H15NO/c35-32(36)22-10-2-1-9-21(22)27-25-17-19-7-3-13-33-15-5-11-23(28(19)33)30(25)37-31-24-12-6-16-34-14-4-8-20(29(24)34)18-26(27)31;1-7(2,3)5-6(9)8-4/h1-2,9-10,17-18H,3-8,11-16H2;5H2,1-4H3,(H,8,9). The highest BCUT2D eigenvalue weighted by Crippen LogP contribution is 2.48. The largest absolute Gasteiger partial charge is 0.545 e. The maximum atomic E-state index is 12.3. The average Bonchev–Trinajstić information content (AvgIpc) is 3.04. The molecule has 240 valence electrons. The molecule has 0 bridgehead atoms. The van der Waals surface area contributed by atoms with Crippen molar-refractivity contribution in [1.29, 1.82) is 0 Å². The van der Waals surface area contributed by atoms with E-state index >= 15 is 0 Å². The molecule has 0 radical (unpaired) electrons. The van der Waals surface area contributed by atoms with Crippen LogP contribution in [0, 0.1) is 5.41 Å². The summed E-state index contributed by atoms with van der Waals surface area (Å²) in [6.45, 7) is 10.5. The third kappa shape index (κ3) is 5.37. The molecule has 0 unspecified atom stereocenters. The summed E-state index contributed by atoms with van der Waals surface area (Å²) >= 11 is 0. The normalized spacial score (nSPS) is 17.3. The van der Waals surface area contributed by atoms with Crippen molar-refractivity contribution in [3.8, 4) is 11.5 Å². The Balaban J connectivity index is 0.000000332. The molecule has 3 aromatic rings. The van der Waals surface area contributed by atoms with Crippen LogP contribution < -0.4 is 35.2 Å². The zero-order valence-corrected chi connectivity index (χ0v) is 27.7. The molecule has 5 aliphatic rings. The molecule has 1 amide bonds. The zero-order chi connectivity index (χ0) is 32.2. The zero-order valence-electron chi connectivity index (χ0n) is 27.7. The number of anilines is 1. The van der Waals surface area contributed by atoms with E-state index in [1.165, 1.54) is 33.3 Å². The lowest BCUT2D eigenvalue weighted by Crippen LogP contribution is -2.45. The number of carboxylic acid groups (broad SMARTS) is 1. The van der Waals surface area contributed by atoms with Crippen LogP contribution in [0.2, 0.25) is 0 Å². The molecular formula is C39H45N3O4. The van der Waals surface area contributed by atoms with Gasteiger partial charge in [-0.25, -0.2) is 4.58 Å². The van der Waals surface area contributed by atoms with Crippen molar-refractivity contribution >= 4 is 23.1 Å². The van der Waals surface area contributed by atoms with Crippen molar-refractivity contribution in [2.75, 3.05) is 38.1 Å². The Labute approximate surface area is 271 Å². The Bertz CT molecular complexity index is 1880. The van der Waals surface area contributed by atoms with E-state index in [1.807, 2.05) is 32.9 Å². The predicted molar refractivity (Wildman–Crippen MR) is 179 cm³/mol. The summed E-state index contributed by atoms with van der Waals surface area (Å²) in [6, 6.07) is 12.0. The van der Waals surface area contributed by atoms with Crippen LogP contribution in [-0.4, -0.2) is 45.1 Å². The maximum absolute atomic E-state index is 12.3. The van der Waals surface area contributed by atoms with Crippen LogP contribution in [0.1, 0.15) is 96.6 Å². The molecule has 0 saturated heterocycles. The first-order valence-corrected chi connectivity index (χ1v) is 17.1. The van der Waals surface area contributed by atoms with E-state index in [9.17, 15) is 14.7 Å². The van der Waals surface area contributed by atoms with Gasteiger partial charge in [0.1, 0.15) is 24.6 Å². The van der Waals surface area contributed by atoms with Gasteiger partial charge < -0.3 is 24.9 Å². The fourth-order valence-corrected chi connectivity index (χ4v) is 8.25. The number of amides is 1. The molecule has 0 spiro atoms. The second-order valence-electron chi connectivity index (χ2n) is 14.6. The molecule has 8 rings (SSSR count). The van der Waals surface area contributed by atoms with Crippen molar-refractivity contribution in [2.24, 2.45) is 5.41 Å². The number of carbonyl (C=O) groups is 2. The molecule has 5 aliphatic heterocycles. The van der Waals surface area contributed by atoms with Crippen LogP contribution in [0.15, 0.2) is 36.4 Å². The molecule has 7 nitrogen and oxygen atoms in total. The van der Waals surface area contributed by atoms with Crippen molar-refractivity contribution in [3.05, 3.63) is 85.9 Å². The topological polar surface area (TPSA) is 84.7 Å². The molecule has 46 heavy (non-hydrogen) atoms. The number of rotatable bonds is 3. The smallest absolute Gasteiger partial charge is 0.220 e. The number of carboxylic acids is 1. The second-order valence-corrected chi connectivity index (χ2v) is 14.6. The van der Waals surface area contributed by atoms with Crippen LogP contribution >= 0.6 is 0 Å². The molecular weight excluding hydrogens is 574 g/mol. The van der Waals surface area contributed by atoms with E-state index in [1.54, 1.807) is 19.2 Å². The van der Waals surface area contributed by atoms with Crippen LogP contribution in [0.3, 0.4) is 0 Å². The Morgan fingerprint density at radius 1 is 0.891 bits per heavy atom. The van der Waals surface area contributed by atoms with E-state index < -0.39 is 5.97 Å². The van der Waals surface area contributed by atoms with Crippen LogP contribution in [-0.2, 0) is 30.5 Å². The van der Waals surface area contributed by atoms with Gasteiger partial charge in [0.15, 0.2) is 0 Å². The van der Waals surface area contributed by atoms with Crippen molar-refractivity contribution in [1.82, 2.24) is 9.89 Å². The summed E-state index contributed by atoms with van der Waals surface area (Å²) in [6.07, 6.45) is 9.26. The van der Waals surface area contributed by atoms with Gasteiger partial charge in [0.05, 0.1) is 11.5 Å². The van der Waals surface area contributed by atoms with E-state index in [4.69, 9.17) is 4.74 Å². The first-order valence-electron chi connectivity index (χ1n) is 17.1. The number of hydrogen-bond donors (Lipinski definition) is 1. The second kappa shape index (κ2) is 11.9. The van der Waals surface area contributed by atoms with Gasteiger partial charge in [0.2, 0.25) is 11.3 Å². The molecule has 5 heterocycles. The highest BCUT2D eigenvalue weighted by Gasteiger charge is 2.36. The molecule has 0 aromatic heterocycles. The average molecular weight is 620 g/mol. The molecule has 0 fully saturated rings. The van der Waals surface area contributed by atoms with Gasteiger partial charge >= 0.3 is 0 Å². The number of fused-ring (bicyclic) bond motifs is 4. The number of nitrogens with one attached hydrogen (secondary N) is 1. The number of aryl methyl sites for hydroxylation is 2. The van der Waals surface area contributed by atoms with Crippen molar-refractivity contribution < 1.29 is 19.4 Å². The Morgan fingerprint density at radius 3 is 2.30 bits per heavy atom. The molecule has 0 atom stereocenters. The summed E-state index contributed by atoms with van der Waals surface area (Å²) in [5, 5.41) is 17.3. The SMILES string of the molecule is CNC(=O)CC(C)(C)C.O=C([O-])c1ccccc1C1=c2cc3c4c(c2Oc2c1cc1c5c2CCCN5CCC1)CCC[N+]=4CCC3. The minimum absolute atomic E-state index is 0.111. The van der Waals surface area contributed by atoms with Gasteiger partial charge in [-0.15, -0.1) is 0 Å². The van der Waals surface area contributed by atoms with Crippen LogP contribution in [0.4, 0.5) is 5.69 Å². The number of aromatic carboxylic acids is 1. The van der Waals surface area contributed by atoms with Gasteiger partial charge in [0, 0.05) is 78.1 Å². The Kier molecular flexibility index (Phi) is 7.90. The lowest BCUT2D eigenvalue weighted by atomic mass is 9.82. The van der Waals surface area contributed by atoms with Gasteiger partial charge in [-0.3, -0.25) is 4.79 Å². The van der Waals surface area contributed by atoms with Crippen molar-refractivity contribution in [2.45, 2.75) is 78.6 Å². The van der Waals surface area contributed by atoms with Crippen LogP contribution in [0.25, 0.3) is 5.57 Å². The number of carbonyl (C=O) groups excluding carboxylic acids is 2. The summed E-state index contributed by atoms with van der Waals surface area (Å²) in [5.74, 6) is 0.881. The third-order valence-corrected chi connectivity index (χ3v) is 10.1. The molecule has 3 aromatic carbocycles. The third-order valence-electron chi connectivity index (χ3n) is 10.1. The molecule has 0 saturated carbocycles. The van der Waals surface area contributed by atoms with Gasteiger partial charge in [-0.05, 0) is 67.2 Å². The van der Waals surface area contributed by atoms with E-state index in [-0.39, 0.29) is 16.9 Å². The highest BCUT2D eigenvalue weighted by atomic mass is 16.5. The Hall–Kier alpha value is -4.13. The first kappa shape index (κ1) is 30.5. The number of nitrogens with zero attached hydrogens (tertiary/aromatic N) is 2. The minimum Gasteiger partial charge on any atom is -0.545 e. The number of ether oxygens (including phenoxy) is 1. The molecule has 0 aliphatic carbocycles. The summed E-state index contributed by atoms with van der Waals surface area (Å²) in [7, 11) is 1.66. The van der Waals surface area contributed by atoms with E-state index in [0.717, 1.165) is 111 Å². The van der Waals surface area contributed by atoms with E-state index in [2.05, 4.69) is 26.9 Å². The summed E-state index contributed by atoms with van der Waals surface area (Å²) < 4.78 is 9.58. The van der Waals surface area contributed by atoms with E-state index in [0.29, 0.717) is 6.42 Å². The summed E-state index contributed by atoms with van der Waals surface area (Å²) in [4.78, 5) is 25.6. The summed E-state index contributed by atoms with van der Waals surface area (Å²) in [5.41, 5.74) is 9.89. The number of benzene rings is 3.